The van der Waals surface area contributed by atoms with Crippen LogP contribution in [-0.4, -0.2) is 34.7 Å². The third-order valence-electron chi connectivity index (χ3n) is 4.56. The third kappa shape index (κ3) is 3.70. The molecule has 0 radical (unpaired) electrons. The van der Waals surface area contributed by atoms with Crippen LogP contribution in [0.15, 0.2) is 42.5 Å². The van der Waals surface area contributed by atoms with E-state index in [4.69, 9.17) is 0 Å². The Kier molecular flexibility index (Phi) is 4.60. The van der Waals surface area contributed by atoms with Gasteiger partial charge in [0, 0.05) is 20.0 Å². The minimum absolute atomic E-state index is 0.00402. The lowest BCUT2D eigenvalue weighted by Crippen LogP contribution is -2.39. The summed E-state index contributed by atoms with van der Waals surface area (Å²) in [5.41, 5.74) is 2.37. The van der Waals surface area contributed by atoms with Crippen LogP contribution in [0.5, 0.6) is 0 Å². The minimum Gasteiger partial charge on any atom is -0.348 e. The molecule has 3 rings (SSSR count). The molecule has 0 aliphatic carbocycles. The summed E-state index contributed by atoms with van der Waals surface area (Å²) in [7, 11) is 0. The van der Waals surface area contributed by atoms with Crippen LogP contribution < -0.4 is 0 Å². The maximum Gasteiger partial charge on any atom is 0.270 e. The molecule has 1 aliphatic heterocycles. The predicted molar refractivity (Wildman–Crippen MR) is 89.6 cm³/mol. The smallest absolute Gasteiger partial charge is 0.270 e. The second-order valence-corrected chi connectivity index (χ2v) is 6.27. The highest BCUT2D eigenvalue weighted by atomic mass is 16.2. The van der Waals surface area contributed by atoms with Gasteiger partial charge in [-0.05, 0) is 42.9 Å². The lowest BCUT2D eigenvalue weighted by Gasteiger charge is -2.31. The summed E-state index contributed by atoms with van der Waals surface area (Å²) in [6.45, 7) is 3.06. The highest BCUT2D eigenvalue weighted by Crippen LogP contribution is 2.22. The van der Waals surface area contributed by atoms with E-state index in [1.807, 2.05) is 11.0 Å². The fourth-order valence-electron chi connectivity index (χ4n) is 3.18. The Hall–Kier alpha value is -2.36. The molecule has 4 heteroatoms. The maximum atomic E-state index is 12.5. The Morgan fingerprint density at radius 3 is 2.30 bits per heavy atom. The second-order valence-electron chi connectivity index (χ2n) is 6.27. The van der Waals surface area contributed by atoms with Gasteiger partial charge < -0.3 is 9.88 Å². The lowest BCUT2D eigenvalue weighted by molar-refractivity contribution is 0.0685. The number of hydrogen-bond donors (Lipinski definition) is 1. The molecule has 23 heavy (non-hydrogen) atoms. The number of carbonyl (C=O) groups is 2. The maximum absolute atomic E-state index is 12.5. The molecule has 1 N–H and O–H groups in total. The van der Waals surface area contributed by atoms with Gasteiger partial charge in [0.2, 0.25) is 0 Å². The first kappa shape index (κ1) is 15.5. The van der Waals surface area contributed by atoms with Crippen LogP contribution in [0.1, 0.15) is 46.3 Å². The van der Waals surface area contributed by atoms with Gasteiger partial charge in [0.15, 0.2) is 5.78 Å². The minimum atomic E-state index is -0.0504. The van der Waals surface area contributed by atoms with Gasteiger partial charge in [0.25, 0.3) is 5.91 Å². The standard InChI is InChI=1S/C19H22N2O2/c1-14(22)17-7-8-18(20-17)19(23)21-11-9-16(10-12-21)13-15-5-3-2-4-6-15/h2-8,16,20H,9-13H2,1H3. The van der Waals surface area contributed by atoms with Crippen LogP contribution >= 0.6 is 0 Å². The number of amides is 1. The Morgan fingerprint density at radius 2 is 1.70 bits per heavy atom. The number of benzene rings is 1. The van der Waals surface area contributed by atoms with Gasteiger partial charge in [-0.1, -0.05) is 30.3 Å². The van der Waals surface area contributed by atoms with Crippen molar-refractivity contribution in [3.05, 3.63) is 59.4 Å². The fourth-order valence-corrected chi connectivity index (χ4v) is 3.18. The normalized spacial score (nSPS) is 15.6. The molecule has 1 aliphatic rings. The first-order valence-corrected chi connectivity index (χ1v) is 8.16. The van der Waals surface area contributed by atoms with Crippen LogP contribution in [-0.2, 0) is 6.42 Å². The summed E-state index contributed by atoms with van der Waals surface area (Å²) in [5, 5.41) is 0. The molecule has 0 saturated carbocycles. The number of nitrogens with one attached hydrogen (secondary N) is 1. The zero-order chi connectivity index (χ0) is 16.2. The molecular weight excluding hydrogens is 288 g/mol. The van der Waals surface area contributed by atoms with E-state index in [1.165, 1.54) is 12.5 Å². The van der Waals surface area contributed by atoms with Crippen molar-refractivity contribution in [2.75, 3.05) is 13.1 Å². The topological polar surface area (TPSA) is 53.2 Å². The number of rotatable bonds is 4. The molecule has 0 unspecified atom stereocenters. The summed E-state index contributed by atoms with van der Waals surface area (Å²) >= 11 is 0. The summed E-state index contributed by atoms with van der Waals surface area (Å²) < 4.78 is 0. The molecule has 1 saturated heterocycles. The Bertz CT molecular complexity index is 682. The number of piperidine rings is 1. The largest absolute Gasteiger partial charge is 0.348 e. The fraction of sp³-hybridized carbons (Fsp3) is 0.368. The highest BCUT2D eigenvalue weighted by Gasteiger charge is 2.24. The predicted octanol–water partition coefficient (Wildman–Crippen LogP) is 3.31. The Labute approximate surface area is 136 Å². The molecular formula is C19H22N2O2. The Morgan fingerprint density at radius 1 is 1.04 bits per heavy atom. The zero-order valence-electron chi connectivity index (χ0n) is 13.4. The molecule has 0 bridgehead atoms. The molecule has 0 spiro atoms. The summed E-state index contributed by atoms with van der Waals surface area (Å²) in [4.78, 5) is 28.6. The Balaban J connectivity index is 1.55. The molecule has 0 atom stereocenters. The monoisotopic (exact) mass is 310 g/mol. The first-order valence-electron chi connectivity index (χ1n) is 8.16. The molecule has 1 aromatic heterocycles. The molecule has 4 nitrogen and oxygen atoms in total. The van der Waals surface area contributed by atoms with Gasteiger partial charge in [-0.2, -0.15) is 0 Å². The van der Waals surface area contributed by atoms with Crippen LogP contribution in [0, 0.1) is 5.92 Å². The quantitative estimate of drug-likeness (QED) is 0.881. The molecule has 1 fully saturated rings. The molecule has 120 valence electrons. The van der Waals surface area contributed by atoms with E-state index in [0.29, 0.717) is 17.3 Å². The van der Waals surface area contributed by atoms with Crippen molar-refractivity contribution in [1.82, 2.24) is 9.88 Å². The molecule has 2 aromatic rings. The average Bonchev–Trinajstić information content (AvgIpc) is 3.06. The van der Waals surface area contributed by atoms with Crippen LogP contribution in [0.25, 0.3) is 0 Å². The van der Waals surface area contributed by atoms with E-state index in [-0.39, 0.29) is 11.7 Å². The van der Waals surface area contributed by atoms with Crippen molar-refractivity contribution in [2.24, 2.45) is 5.92 Å². The molecule has 1 aromatic carbocycles. The second kappa shape index (κ2) is 6.82. The van der Waals surface area contributed by atoms with E-state index in [9.17, 15) is 9.59 Å². The summed E-state index contributed by atoms with van der Waals surface area (Å²) in [5.74, 6) is 0.583. The van der Waals surface area contributed by atoms with E-state index in [2.05, 4.69) is 29.2 Å². The van der Waals surface area contributed by atoms with Crippen molar-refractivity contribution >= 4 is 11.7 Å². The number of carbonyl (C=O) groups excluding carboxylic acids is 2. The van der Waals surface area contributed by atoms with Gasteiger partial charge in [-0.25, -0.2) is 0 Å². The van der Waals surface area contributed by atoms with Crippen molar-refractivity contribution in [2.45, 2.75) is 26.2 Å². The van der Waals surface area contributed by atoms with Crippen molar-refractivity contribution in [3.8, 4) is 0 Å². The van der Waals surface area contributed by atoms with Crippen LogP contribution in [0.3, 0.4) is 0 Å². The number of aromatic amines is 1. The van der Waals surface area contributed by atoms with E-state index in [0.717, 1.165) is 32.4 Å². The van der Waals surface area contributed by atoms with Crippen molar-refractivity contribution in [1.29, 1.82) is 0 Å². The van der Waals surface area contributed by atoms with E-state index < -0.39 is 0 Å². The van der Waals surface area contributed by atoms with Crippen molar-refractivity contribution < 1.29 is 9.59 Å². The van der Waals surface area contributed by atoms with Gasteiger partial charge in [-0.3, -0.25) is 9.59 Å². The lowest BCUT2D eigenvalue weighted by atomic mass is 9.90. The van der Waals surface area contributed by atoms with Crippen LogP contribution in [0.2, 0.25) is 0 Å². The van der Waals surface area contributed by atoms with Gasteiger partial charge in [-0.15, -0.1) is 0 Å². The zero-order valence-corrected chi connectivity index (χ0v) is 13.4. The van der Waals surface area contributed by atoms with E-state index >= 15 is 0 Å². The van der Waals surface area contributed by atoms with E-state index in [1.54, 1.807) is 12.1 Å². The van der Waals surface area contributed by atoms with Gasteiger partial charge in [0.05, 0.1) is 5.69 Å². The highest BCUT2D eigenvalue weighted by molar-refractivity contribution is 5.97. The van der Waals surface area contributed by atoms with Crippen LogP contribution in [0.4, 0.5) is 0 Å². The number of nitrogens with zero attached hydrogens (tertiary/aromatic N) is 1. The van der Waals surface area contributed by atoms with Gasteiger partial charge in [0.1, 0.15) is 5.69 Å². The SMILES string of the molecule is CC(=O)c1ccc(C(=O)N2CCC(Cc3ccccc3)CC2)[nH]1. The number of H-pyrrole nitrogens is 1. The number of hydrogen-bond acceptors (Lipinski definition) is 2. The summed E-state index contributed by atoms with van der Waals surface area (Å²) in [6, 6.07) is 13.9. The average molecular weight is 310 g/mol. The molecule has 2 heterocycles. The van der Waals surface area contributed by atoms with Gasteiger partial charge >= 0.3 is 0 Å². The summed E-state index contributed by atoms with van der Waals surface area (Å²) in [6.07, 6.45) is 3.14. The number of Topliss-reactive ketones (excluding diaryl/α,β-unsaturated/α-hetero) is 1. The third-order valence-corrected chi connectivity index (χ3v) is 4.56. The molecule has 1 amide bonds. The first-order chi connectivity index (χ1) is 11.1. The van der Waals surface area contributed by atoms with Crippen molar-refractivity contribution in [3.63, 3.8) is 0 Å². The number of likely N-dealkylation sites (tertiary alicyclic amines) is 1. The number of ketones is 1. The number of aromatic nitrogens is 1.